The Bertz CT molecular complexity index is 355. The van der Waals surface area contributed by atoms with Crippen molar-refractivity contribution in [1.82, 2.24) is 9.97 Å². The predicted molar refractivity (Wildman–Crippen MR) is 75.1 cm³/mol. The summed E-state index contributed by atoms with van der Waals surface area (Å²) in [5.74, 6) is 2.03. The highest BCUT2D eigenvalue weighted by Crippen LogP contribution is 2.13. The van der Waals surface area contributed by atoms with E-state index in [4.69, 9.17) is 4.74 Å². The Morgan fingerprint density at radius 1 is 1.39 bits per heavy atom. The van der Waals surface area contributed by atoms with Crippen LogP contribution >= 0.6 is 0 Å². The number of nitrogens with one attached hydrogen (secondary N) is 1. The Morgan fingerprint density at radius 3 is 2.67 bits per heavy atom. The minimum Gasteiger partial charge on any atom is -0.380 e. The molecule has 0 aliphatic carbocycles. The van der Waals surface area contributed by atoms with Crippen molar-refractivity contribution >= 4 is 11.8 Å². The van der Waals surface area contributed by atoms with Crippen molar-refractivity contribution in [3.05, 3.63) is 12.3 Å². The summed E-state index contributed by atoms with van der Waals surface area (Å²) in [6, 6.07) is 2.14. The van der Waals surface area contributed by atoms with Gasteiger partial charge >= 0.3 is 0 Å². The number of rotatable bonds is 7. The number of anilines is 2. The third kappa shape index (κ3) is 4.49. The molecule has 0 aliphatic heterocycles. The van der Waals surface area contributed by atoms with Gasteiger partial charge in [-0.15, -0.1) is 0 Å². The van der Waals surface area contributed by atoms with Crippen LogP contribution in [0, 0.1) is 5.92 Å². The molecule has 5 nitrogen and oxygen atoms in total. The minimum atomic E-state index is 0.259. The van der Waals surface area contributed by atoms with Crippen LogP contribution in [0.4, 0.5) is 11.8 Å². The van der Waals surface area contributed by atoms with E-state index in [0.29, 0.717) is 18.5 Å². The minimum absolute atomic E-state index is 0.259. The van der Waals surface area contributed by atoms with Gasteiger partial charge in [0.25, 0.3) is 0 Å². The van der Waals surface area contributed by atoms with Crippen LogP contribution in [0.15, 0.2) is 12.3 Å². The normalized spacial score (nSPS) is 12.6. The summed E-state index contributed by atoms with van der Waals surface area (Å²) < 4.78 is 5.49. The first-order valence-electron chi connectivity index (χ1n) is 6.39. The van der Waals surface area contributed by atoms with E-state index >= 15 is 0 Å². The molecule has 0 saturated carbocycles. The van der Waals surface area contributed by atoms with E-state index in [1.807, 2.05) is 32.0 Å². The Morgan fingerprint density at radius 2 is 2.11 bits per heavy atom. The average Bonchev–Trinajstić information content (AvgIpc) is 2.34. The molecule has 0 spiro atoms. The maximum atomic E-state index is 5.49. The zero-order valence-electron chi connectivity index (χ0n) is 12.0. The fourth-order valence-electron chi connectivity index (χ4n) is 1.48. The first-order chi connectivity index (χ1) is 8.54. The third-order valence-corrected chi connectivity index (χ3v) is 2.68. The summed E-state index contributed by atoms with van der Waals surface area (Å²) in [5.41, 5.74) is 0. The lowest BCUT2D eigenvalue weighted by atomic mass is 10.1. The first-order valence-corrected chi connectivity index (χ1v) is 6.39. The molecule has 1 aromatic rings. The van der Waals surface area contributed by atoms with Crippen LogP contribution in [0.3, 0.4) is 0 Å². The van der Waals surface area contributed by atoms with Crippen LogP contribution in [0.25, 0.3) is 0 Å². The second-order valence-electron chi connectivity index (χ2n) is 4.79. The quantitative estimate of drug-likeness (QED) is 0.804. The van der Waals surface area contributed by atoms with Crippen LogP contribution in [0.5, 0.6) is 0 Å². The van der Waals surface area contributed by atoms with Gasteiger partial charge in [-0.25, -0.2) is 4.98 Å². The SMILES string of the molecule is CCOCC(Nc1ccnc(N(C)C)n1)C(C)C. The van der Waals surface area contributed by atoms with Gasteiger partial charge in [0, 0.05) is 26.9 Å². The molecule has 0 aliphatic rings. The van der Waals surface area contributed by atoms with Crippen molar-refractivity contribution in [3.63, 3.8) is 0 Å². The summed E-state index contributed by atoms with van der Waals surface area (Å²) in [6.07, 6.45) is 1.77. The highest BCUT2D eigenvalue weighted by molar-refractivity contribution is 5.41. The molecule has 5 heteroatoms. The second kappa shape index (κ2) is 7.16. The van der Waals surface area contributed by atoms with Crippen molar-refractivity contribution in [2.75, 3.05) is 37.5 Å². The van der Waals surface area contributed by atoms with Crippen LogP contribution in [0.1, 0.15) is 20.8 Å². The number of ether oxygens (including phenoxy) is 1. The summed E-state index contributed by atoms with van der Waals surface area (Å²) in [4.78, 5) is 10.5. The van der Waals surface area contributed by atoms with E-state index in [-0.39, 0.29) is 6.04 Å². The van der Waals surface area contributed by atoms with Gasteiger partial charge in [0.1, 0.15) is 5.82 Å². The molecule has 0 radical (unpaired) electrons. The lowest BCUT2D eigenvalue weighted by Gasteiger charge is -2.23. The number of hydrogen-bond acceptors (Lipinski definition) is 5. The third-order valence-electron chi connectivity index (χ3n) is 2.68. The molecule has 102 valence electrons. The largest absolute Gasteiger partial charge is 0.380 e. The molecule has 1 aromatic heterocycles. The summed E-state index contributed by atoms with van der Waals surface area (Å²) >= 11 is 0. The van der Waals surface area contributed by atoms with Crippen LogP contribution in [0.2, 0.25) is 0 Å². The van der Waals surface area contributed by atoms with E-state index in [1.165, 1.54) is 0 Å². The van der Waals surface area contributed by atoms with Crippen molar-refractivity contribution in [2.45, 2.75) is 26.8 Å². The molecule has 1 unspecified atom stereocenters. The van der Waals surface area contributed by atoms with Gasteiger partial charge in [-0.3, -0.25) is 0 Å². The molecule has 0 aromatic carbocycles. The Hall–Kier alpha value is -1.36. The van der Waals surface area contributed by atoms with Crippen LogP contribution in [-0.2, 0) is 4.74 Å². The Labute approximate surface area is 110 Å². The topological polar surface area (TPSA) is 50.3 Å². The van der Waals surface area contributed by atoms with E-state index in [1.54, 1.807) is 6.20 Å². The average molecular weight is 252 g/mol. The number of aromatic nitrogens is 2. The van der Waals surface area contributed by atoms with E-state index < -0.39 is 0 Å². The lowest BCUT2D eigenvalue weighted by Crippen LogP contribution is -2.31. The number of hydrogen-bond donors (Lipinski definition) is 1. The smallest absolute Gasteiger partial charge is 0.226 e. The van der Waals surface area contributed by atoms with E-state index in [0.717, 1.165) is 12.4 Å². The molecule has 1 heterocycles. The molecule has 1 N–H and O–H groups in total. The first kappa shape index (κ1) is 14.7. The zero-order valence-corrected chi connectivity index (χ0v) is 12.0. The monoisotopic (exact) mass is 252 g/mol. The predicted octanol–water partition coefficient (Wildman–Crippen LogP) is 2.02. The van der Waals surface area contributed by atoms with Crippen LogP contribution < -0.4 is 10.2 Å². The molecule has 1 rings (SSSR count). The molecule has 0 saturated heterocycles. The molecule has 0 amide bonds. The standard InChI is InChI=1S/C13H24N4O/c1-6-18-9-11(10(2)3)15-12-7-8-14-13(16-12)17(4)5/h7-8,10-11H,6,9H2,1-5H3,(H,14,15,16). The molecule has 1 atom stereocenters. The van der Waals surface area contributed by atoms with Crippen molar-refractivity contribution in [2.24, 2.45) is 5.92 Å². The molecule has 18 heavy (non-hydrogen) atoms. The Kier molecular flexibility index (Phi) is 5.85. The van der Waals surface area contributed by atoms with Crippen molar-refractivity contribution in [3.8, 4) is 0 Å². The van der Waals surface area contributed by atoms with Crippen molar-refractivity contribution in [1.29, 1.82) is 0 Å². The maximum Gasteiger partial charge on any atom is 0.226 e. The van der Waals surface area contributed by atoms with Gasteiger partial charge in [0.15, 0.2) is 0 Å². The molecule has 0 fully saturated rings. The lowest BCUT2D eigenvalue weighted by molar-refractivity contribution is 0.126. The van der Waals surface area contributed by atoms with Gasteiger partial charge in [0.05, 0.1) is 12.6 Å². The van der Waals surface area contributed by atoms with Gasteiger partial charge < -0.3 is 15.0 Å². The van der Waals surface area contributed by atoms with Crippen molar-refractivity contribution < 1.29 is 4.74 Å². The fraction of sp³-hybridized carbons (Fsp3) is 0.692. The maximum absolute atomic E-state index is 5.49. The summed E-state index contributed by atoms with van der Waals surface area (Å²) in [6.45, 7) is 7.77. The molecular formula is C13H24N4O. The van der Waals surface area contributed by atoms with E-state index in [9.17, 15) is 0 Å². The number of nitrogens with zero attached hydrogens (tertiary/aromatic N) is 3. The molecule has 0 bridgehead atoms. The highest BCUT2D eigenvalue weighted by Gasteiger charge is 2.14. The zero-order chi connectivity index (χ0) is 13.5. The van der Waals surface area contributed by atoms with Gasteiger partial charge in [-0.2, -0.15) is 4.98 Å². The molecular weight excluding hydrogens is 228 g/mol. The van der Waals surface area contributed by atoms with E-state index in [2.05, 4.69) is 29.1 Å². The summed E-state index contributed by atoms with van der Waals surface area (Å²) in [5, 5.41) is 3.41. The summed E-state index contributed by atoms with van der Waals surface area (Å²) in [7, 11) is 3.86. The second-order valence-corrected chi connectivity index (χ2v) is 4.79. The van der Waals surface area contributed by atoms with Gasteiger partial charge in [-0.05, 0) is 18.9 Å². The highest BCUT2D eigenvalue weighted by atomic mass is 16.5. The van der Waals surface area contributed by atoms with Gasteiger partial charge in [-0.1, -0.05) is 13.8 Å². The van der Waals surface area contributed by atoms with Crippen LogP contribution in [-0.4, -0.2) is 43.3 Å². The fourth-order valence-corrected chi connectivity index (χ4v) is 1.48. The Balaban J connectivity index is 2.70. The van der Waals surface area contributed by atoms with Gasteiger partial charge in [0.2, 0.25) is 5.95 Å².